The van der Waals surface area contributed by atoms with Gasteiger partial charge < -0.3 is 10.2 Å². The second kappa shape index (κ2) is 9.93. The van der Waals surface area contributed by atoms with Crippen LogP contribution in [0.25, 0.3) is 10.8 Å². The monoisotopic (exact) mass is 453 g/mol. The molecule has 0 fully saturated rings. The largest absolute Gasteiger partial charge is 0.357 e. The van der Waals surface area contributed by atoms with Gasteiger partial charge in [0.25, 0.3) is 0 Å². The van der Waals surface area contributed by atoms with Gasteiger partial charge >= 0.3 is 0 Å². The second-order valence-electron chi connectivity index (χ2n) is 7.57. The van der Waals surface area contributed by atoms with E-state index in [0.29, 0.717) is 0 Å². The number of carbonyl (C=O) groups is 2. The smallest absolute Gasteiger partial charge is 0.243 e. The van der Waals surface area contributed by atoms with Crippen LogP contribution < -0.4 is 5.32 Å². The van der Waals surface area contributed by atoms with Crippen molar-refractivity contribution in [3.63, 3.8) is 0 Å². The van der Waals surface area contributed by atoms with Crippen molar-refractivity contribution in [1.29, 1.82) is 0 Å². The molecule has 0 spiro atoms. The Morgan fingerprint density at radius 2 is 1.56 bits per heavy atom. The van der Waals surface area contributed by atoms with Gasteiger partial charge in [0.2, 0.25) is 21.8 Å². The first-order valence-corrected chi connectivity index (χ1v) is 11.7. The van der Waals surface area contributed by atoms with Crippen LogP contribution in [-0.2, 0) is 26.2 Å². The van der Waals surface area contributed by atoms with Gasteiger partial charge in [-0.15, -0.1) is 0 Å². The molecular weight excluding hydrogens is 426 g/mol. The third-order valence-electron chi connectivity index (χ3n) is 5.40. The molecule has 0 bridgehead atoms. The number of hydrogen-bond acceptors (Lipinski definition) is 4. The average molecular weight is 454 g/mol. The molecule has 2 amide bonds. The third-order valence-corrected chi connectivity index (χ3v) is 7.20. The number of likely N-dealkylation sites (N-methyl/N-ethyl adjacent to an activating group) is 2. The van der Waals surface area contributed by atoms with Gasteiger partial charge in [0.1, 0.15) is 6.04 Å². The predicted molar refractivity (Wildman–Crippen MR) is 124 cm³/mol. The average Bonchev–Trinajstić information content (AvgIpc) is 2.81. The lowest BCUT2D eigenvalue weighted by molar-refractivity contribution is -0.140. The minimum absolute atomic E-state index is 0.112. The van der Waals surface area contributed by atoms with E-state index in [1.54, 1.807) is 19.1 Å². The van der Waals surface area contributed by atoms with Gasteiger partial charge in [-0.05, 0) is 35.4 Å². The van der Waals surface area contributed by atoms with E-state index in [1.807, 2.05) is 54.6 Å². The van der Waals surface area contributed by atoms with E-state index >= 15 is 0 Å². The number of nitrogens with one attached hydrogen (secondary N) is 1. The molecule has 1 atom stereocenters. The zero-order valence-corrected chi connectivity index (χ0v) is 19.2. The van der Waals surface area contributed by atoms with Crippen molar-refractivity contribution in [2.24, 2.45) is 0 Å². The SMILES string of the molecule is CNC(=O)C(C)N(Cc1ccccc1)C(=O)CN(C)S(=O)(=O)c1ccc2ccccc2c1. The zero-order chi connectivity index (χ0) is 23.3. The van der Waals surface area contributed by atoms with Crippen LogP contribution in [0, 0.1) is 0 Å². The Kier molecular flexibility index (Phi) is 7.27. The van der Waals surface area contributed by atoms with E-state index in [1.165, 1.54) is 25.1 Å². The summed E-state index contributed by atoms with van der Waals surface area (Å²) in [4.78, 5) is 26.9. The van der Waals surface area contributed by atoms with E-state index in [9.17, 15) is 18.0 Å². The van der Waals surface area contributed by atoms with E-state index in [2.05, 4.69) is 5.32 Å². The van der Waals surface area contributed by atoms with Gasteiger partial charge in [-0.25, -0.2) is 8.42 Å². The molecule has 0 saturated heterocycles. The lowest BCUT2D eigenvalue weighted by Gasteiger charge is -2.30. The lowest BCUT2D eigenvalue weighted by Crippen LogP contribution is -2.50. The Morgan fingerprint density at radius 1 is 0.938 bits per heavy atom. The molecule has 32 heavy (non-hydrogen) atoms. The molecule has 8 heteroatoms. The molecule has 0 saturated carbocycles. The molecule has 3 aromatic rings. The highest BCUT2D eigenvalue weighted by Crippen LogP contribution is 2.21. The van der Waals surface area contributed by atoms with Crippen molar-refractivity contribution in [2.75, 3.05) is 20.6 Å². The molecule has 1 unspecified atom stereocenters. The molecule has 0 aliphatic carbocycles. The van der Waals surface area contributed by atoms with Crippen molar-refractivity contribution >= 4 is 32.6 Å². The molecule has 1 N–H and O–H groups in total. The molecule has 168 valence electrons. The molecule has 0 heterocycles. The van der Waals surface area contributed by atoms with Gasteiger partial charge in [-0.3, -0.25) is 9.59 Å². The Labute approximate surface area is 188 Å². The minimum Gasteiger partial charge on any atom is -0.357 e. The number of hydrogen-bond donors (Lipinski definition) is 1. The number of fused-ring (bicyclic) bond motifs is 1. The molecule has 7 nitrogen and oxygen atoms in total. The van der Waals surface area contributed by atoms with Crippen LogP contribution in [0.5, 0.6) is 0 Å². The Morgan fingerprint density at radius 3 is 2.22 bits per heavy atom. The standard InChI is InChI=1S/C24H27N3O4S/c1-18(24(29)25-2)27(16-19-9-5-4-6-10-19)23(28)17-26(3)32(30,31)22-14-13-20-11-7-8-12-21(20)15-22/h4-15,18H,16-17H2,1-3H3,(H,25,29). The summed E-state index contributed by atoms with van der Waals surface area (Å²) in [5.74, 6) is -0.786. The highest BCUT2D eigenvalue weighted by molar-refractivity contribution is 7.89. The number of nitrogens with zero attached hydrogens (tertiary/aromatic N) is 2. The summed E-state index contributed by atoms with van der Waals surface area (Å²) in [5.41, 5.74) is 0.844. The molecule has 0 aromatic heterocycles. The first-order valence-electron chi connectivity index (χ1n) is 10.2. The van der Waals surface area contributed by atoms with E-state index < -0.39 is 22.0 Å². The molecule has 3 rings (SSSR count). The summed E-state index contributed by atoms with van der Waals surface area (Å²) >= 11 is 0. The number of amides is 2. The number of benzene rings is 3. The molecular formula is C24H27N3O4S. The summed E-state index contributed by atoms with van der Waals surface area (Å²) in [7, 11) is -1.03. The maximum Gasteiger partial charge on any atom is 0.243 e. The van der Waals surface area contributed by atoms with Gasteiger partial charge in [-0.2, -0.15) is 4.31 Å². The topological polar surface area (TPSA) is 86.8 Å². The predicted octanol–water partition coefficient (Wildman–Crippen LogP) is 2.62. The van der Waals surface area contributed by atoms with Gasteiger partial charge in [-0.1, -0.05) is 60.7 Å². The van der Waals surface area contributed by atoms with Crippen molar-refractivity contribution in [3.05, 3.63) is 78.4 Å². The summed E-state index contributed by atoms with van der Waals surface area (Å²) < 4.78 is 27.3. The van der Waals surface area contributed by atoms with Crippen LogP contribution in [0.4, 0.5) is 0 Å². The maximum atomic E-state index is 13.2. The fourth-order valence-corrected chi connectivity index (χ4v) is 4.60. The van der Waals surface area contributed by atoms with Crippen LogP contribution in [0.1, 0.15) is 12.5 Å². The zero-order valence-electron chi connectivity index (χ0n) is 18.4. The van der Waals surface area contributed by atoms with Gasteiger partial charge in [0.05, 0.1) is 11.4 Å². The molecule has 3 aromatic carbocycles. The number of sulfonamides is 1. The van der Waals surface area contributed by atoms with Crippen LogP contribution in [0.3, 0.4) is 0 Å². The van der Waals surface area contributed by atoms with Crippen molar-refractivity contribution < 1.29 is 18.0 Å². The fraction of sp³-hybridized carbons (Fsp3) is 0.250. The van der Waals surface area contributed by atoms with Crippen LogP contribution in [0.15, 0.2) is 77.7 Å². The van der Waals surface area contributed by atoms with Gasteiger partial charge in [0, 0.05) is 20.6 Å². The minimum atomic E-state index is -3.90. The van der Waals surface area contributed by atoms with E-state index in [-0.39, 0.29) is 23.9 Å². The van der Waals surface area contributed by atoms with E-state index in [4.69, 9.17) is 0 Å². The molecule has 0 radical (unpaired) electrons. The molecule has 0 aliphatic rings. The van der Waals surface area contributed by atoms with Crippen LogP contribution >= 0.6 is 0 Å². The summed E-state index contributed by atoms with van der Waals surface area (Å²) in [6, 6.07) is 20.8. The van der Waals surface area contributed by atoms with E-state index in [0.717, 1.165) is 20.6 Å². The Bertz CT molecular complexity index is 1210. The molecule has 0 aliphatic heterocycles. The highest BCUT2D eigenvalue weighted by Gasteiger charge is 2.30. The highest BCUT2D eigenvalue weighted by atomic mass is 32.2. The van der Waals surface area contributed by atoms with Crippen molar-refractivity contribution in [2.45, 2.75) is 24.4 Å². The van der Waals surface area contributed by atoms with Crippen LogP contribution in [-0.4, -0.2) is 56.1 Å². The van der Waals surface area contributed by atoms with Gasteiger partial charge in [0.15, 0.2) is 0 Å². The summed E-state index contributed by atoms with van der Waals surface area (Å²) in [6.45, 7) is 1.43. The normalized spacial score (nSPS) is 12.5. The van der Waals surface area contributed by atoms with Crippen molar-refractivity contribution in [3.8, 4) is 0 Å². The number of carbonyl (C=O) groups excluding carboxylic acids is 2. The van der Waals surface area contributed by atoms with Crippen LogP contribution in [0.2, 0.25) is 0 Å². The first kappa shape index (κ1) is 23.4. The first-order chi connectivity index (χ1) is 15.2. The number of rotatable bonds is 8. The summed E-state index contributed by atoms with van der Waals surface area (Å²) in [5, 5.41) is 4.28. The Balaban J connectivity index is 1.83. The fourth-order valence-electron chi connectivity index (χ4n) is 3.45. The lowest BCUT2D eigenvalue weighted by atomic mass is 10.1. The Hall–Kier alpha value is -3.23. The quantitative estimate of drug-likeness (QED) is 0.568. The summed E-state index contributed by atoms with van der Waals surface area (Å²) in [6.07, 6.45) is 0. The second-order valence-corrected chi connectivity index (χ2v) is 9.61. The van der Waals surface area contributed by atoms with Crippen molar-refractivity contribution in [1.82, 2.24) is 14.5 Å². The third kappa shape index (κ3) is 5.15. The maximum absolute atomic E-state index is 13.2.